The molecule has 7 rings (SSSR count). The first kappa shape index (κ1) is 47.1. The molecule has 0 saturated heterocycles. The molecule has 23 nitrogen and oxygen atoms in total. The third-order valence-corrected chi connectivity index (χ3v) is 13.3. The van der Waals surface area contributed by atoms with Gasteiger partial charge in [0.2, 0.25) is 29.1 Å². The van der Waals surface area contributed by atoms with Crippen LogP contribution in [-0.2, 0) is 40.2 Å². The van der Waals surface area contributed by atoms with Gasteiger partial charge in [-0.25, -0.2) is 8.42 Å². The van der Waals surface area contributed by atoms with Gasteiger partial charge in [0.05, 0.1) is 22.0 Å². The zero-order valence-electron chi connectivity index (χ0n) is 33.2. The lowest BCUT2D eigenvalue weighted by molar-refractivity contribution is 0.481. The predicted molar refractivity (Wildman–Crippen MR) is 238 cm³/mol. The zero-order valence-corrected chi connectivity index (χ0v) is 37.2. The van der Waals surface area contributed by atoms with Crippen molar-refractivity contribution in [3.05, 3.63) is 108 Å². The molecule has 0 aliphatic heterocycles. The first-order valence-corrected chi connectivity index (χ1v) is 24.5. The molecule has 0 bridgehead atoms. The van der Waals surface area contributed by atoms with Crippen LogP contribution in [0.25, 0.3) is 21.5 Å². The predicted octanol–water partition coefficient (Wildman–Crippen LogP) is 6.63. The minimum atomic E-state index is -4.98. The molecule has 0 fully saturated rings. The molecule has 0 aliphatic rings. The van der Waals surface area contributed by atoms with E-state index in [-0.39, 0.29) is 79.1 Å². The lowest BCUT2D eigenvalue weighted by Gasteiger charge is -2.16. The normalized spacial score (nSPS) is 12.9. The Kier molecular flexibility index (Phi) is 12.9. The number of azo groups is 1. The summed E-state index contributed by atoms with van der Waals surface area (Å²) in [7, 11) is -18.5. The number of aromatic nitrogens is 6. The number of sulfone groups is 1. The second-order valence-corrected chi connectivity index (χ2v) is 20.0. The molecule has 0 radical (unpaired) electrons. The van der Waals surface area contributed by atoms with Crippen LogP contribution in [0.15, 0.2) is 127 Å². The van der Waals surface area contributed by atoms with Gasteiger partial charge in [-0.3, -0.25) is 13.7 Å². The number of hydrogen-bond donors (Lipinski definition) is 7. The van der Waals surface area contributed by atoms with E-state index in [9.17, 15) is 51.7 Å². The second-order valence-electron chi connectivity index (χ2n) is 13.6. The highest BCUT2D eigenvalue weighted by Crippen LogP contribution is 2.39. The maximum atomic E-state index is 14.4. The van der Waals surface area contributed by atoms with Crippen LogP contribution in [0.4, 0.5) is 50.9 Å². The van der Waals surface area contributed by atoms with Gasteiger partial charge in [-0.05, 0) is 79.2 Å². The van der Waals surface area contributed by atoms with Crippen molar-refractivity contribution in [1.82, 2.24) is 29.9 Å². The van der Waals surface area contributed by atoms with Gasteiger partial charge in [-0.15, -0.1) is 5.11 Å². The molecule has 0 saturated carbocycles. The van der Waals surface area contributed by atoms with Crippen molar-refractivity contribution in [3.8, 4) is 0 Å². The van der Waals surface area contributed by atoms with Crippen LogP contribution < -0.4 is 21.3 Å². The highest BCUT2D eigenvalue weighted by molar-refractivity contribution is 7.94. The van der Waals surface area contributed by atoms with Gasteiger partial charge in [0, 0.05) is 45.2 Å². The maximum Gasteiger partial charge on any atom is 0.315 e. The molecule has 1 atom stereocenters. The van der Waals surface area contributed by atoms with Crippen LogP contribution in [0, 0.1) is 6.08 Å². The van der Waals surface area contributed by atoms with Gasteiger partial charge < -0.3 is 21.3 Å². The molecule has 2 heterocycles. The number of halogens is 2. The van der Waals surface area contributed by atoms with E-state index in [1.54, 1.807) is 6.92 Å². The molecule has 66 heavy (non-hydrogen) atoms. The third kappa shape index (κ3) is 10.8. The SMILES string of the molecule is C=CS(=O)(=O)c1ccc(Nc2nc(F)nc(NC(C)CNc3nc(Cl)nc(Nc4ccc(N=Nc5cc(S(=O)(=O)O)c6cccc(S(=O)(=O)O)c6c5)c5cccc(S(=O)(=O)O)c45)n3)n2)cc1. The highest BCUT2D eigenvalue weighted by atomic mass is 35.5. The molecule has 7 N–H and O–H groups in total. The fourth-order valence-electron chi connectivity index (χ4n) is 6.23. The minimum absolute atomic E-state index is 0.00263. The lowest BCUT2D eigenvalue weighted by Crippen LogP contribution is -2.27. The highest BCUT2D eigenvalue weighted by Gasteiger charge is 2.23. The molecular weight excluding hydrogens is 971 g/mol. The lowest BCUT2D eigenvalue weighted by atomic mass is 10.1. The zero-order chi connectivity index (χ0) is 47.8. The Morgan fingerprint density at radius 2 is 1.29 bits per heavy atom. The number of anilines is 6. The van der Waals surface area contributed by atoms with Crippen molar-refractivity contribution < 1.29 is 51.7 Å². The van der Waals surface area contributed by atoms with Gasteiger partial charge in [-0.1, -0.05) is 30.8 Å². The van der Waals surface area contributed by atoms with Crippen molar-refractivity contribution >= 4 is 120 Å². The van der Waals surface area contributed by atoms with E-state index in [0.29, 0.717) is 5.69 Å². The Morgan fingerprint density at radius 3 is 1.95 bits per heavy atom. The van der Waals surface area contributed by atoms with E-state index in [4.69, 9.17) is 11.6 Å². The molecule has 7 aromatic rings. The van der Waals surface area contributed by atoms with Gasteiger partial charge in [0.25, 0.3) is 30.4 Å². The van der Waals surface area contributed by atoms with Crippen molar-refractivity contribution in [2.75, 3.05) is 27.8 Å². The van der Waals surface area contributed by atoms with Gasteiger partial charge in [0.15, 0.2) is 9.84 Å². The smallest absolute Gasteiger partial charge is 0.315 e. The van der Waals surface area contributed by atoms with E-state index in [2.05, 4.69) is 68.0 Å². The second kappa shape index (κ2) is 18.2. The quantitative estimate of drug-likeness (QED) is 0.0394. The fourth-order valence-corrected chi connectivity index (χ4v) is 9.25. The molecule has 2 aromatic heterocycles. The van der Waals surface area contributed by atoms with Crippen LogP contribution in [0.1, 0.15) is 6.92 Å². The van der Waals surface area contributed by atoms with Crippen molar-refractivity contribution in [2.24, 2.45) is 10.2 Å². The Balaban J connectivity index is 1.13. The van der Waals surface area contributed by atoms with Crippen molar-refractivity contribution in [1.29, 1.82) is 0 Å². The van der Waals surface area contributed by atoms with Crippen LogP contribution >= 0.6 is 11.6 Å². The topological polar surface area (TPSA) is 347 Å². The average Bonchev–Trinajstić information content (AvgIpc) is 3.23. The first-order valence-electron chi connectivity index (χ1n) is 18.3. The fraction of sp³-hybridized carbons (Fsp3) is 0.0811. The number of nitrogens with one attached hydrogen (secondary N) is 4. The van der Waals surface area contributed by atoms with Crippen LogP contribution in [0.3, 0.4) is 0 Å². The maximum absolute atomic E-state index is 14.4. The largest absolute Gasteiger partial charge is 0.352 e. The number of nitrogens with zero attached hydrogens (tertiary/aromatic N) is 8. The average molecular weight is 1000 g/mol. The molecule has 0 amide bonds. The van der Waals surface area contributed by atoms with Crippen LogP contribution in [0.5, 0.6) is 0 Å². The molecule has 342 valence electrons. The van der Waals surface area contributed by atoms with Crippen molar-refractivity contribution in [2.45, 2.75) is 32.5 Å². The number of hydrogen-bond acceptors (Lipinski definition) is 20. The number of benzene rings is 5. The van der Waals surface area contributed by atoms with Crippen LogP contribution in [-0.4, -0.2) is 89.8 Å². The molecule has 5 aromatic carbocycles. The number of rotatable bonds is 16. The van der Waals surface area contributed by atoms with E-state index < -0.39 is 67.0 Å². The summed E-state index contributed by atoms with van der Waals surface area (Å²) in [6.45, 7) is 5.01. The van der Waals surface area contributed by atoms with Gasteiger partial charge in [-0.2, -0.15) is 64.7 Å². The van der Waals surface area contributed by atoms with E-state index >= 15 is 0 Å². The molecule has 29 heteroatoms. The van der Waals surface area contributed by atoms with E-state index in [0.717, 1.165) is 35.7 Å². The summed E-state index contributed by atoms with van der Waals surface area (Å²) < 4.78 is 143. The Morgan fingerprint density at radius 1 is 0.682 bits per heavy atom. The summed E-state index contributed by atoms with van der Waals surface area (Å²) in [5, 5.41) is 19.4. The third-order valence-electron chi connectivity index (χ3n) is 9.05. The van der Waals surface area contributed by atoms with Crippen molar-refractivity contribution in [3.63, 3.8) is 0 Å². The summed E-state index contributed by atoms with van der Waals surface area (Å²) in [6.07, 6.45) is -1.13. The van der Waals surface area contributed by atoms with Crippen LogP contribution in [0.2, 0.25) is 5.28 Å². The molecule has 1 unspecified atom stereocenters. The number of fused-ring (bicyclic) bond motifs is 2. The summed E-state index contributed by atoms with van der Waals surface area (Å²) in [5.41, 5.74) is -0.00674. The van der Waals surface area contributed by atoms with E-state index in [1.165, 1.54) is 54.6 Å². The Hall–Kier alpha value is -6.92. The first-order chi connectivity index (χ1) is 31.0. The summed E-state index contributed by atoms with van der Waals surface area (Å²) in [4.78, 5) is 21.8. The van der Waals surface area contributed by atoms with Gasteiger partial charge >= 0.3 is 6.08 Å². The Bertz CT molecular complexity index is 3600. The monoisotopic (exact) mass is 1000 g/mol. The summed E-state index contributed by atoms with van der Waals surface area (Å²) in [5.74, 6) is -0.662. The summed E-state index contributed by atoms with van der Waals surface area (Å²) in [6, 6.07) is 16.8. The van der Waals surface area contributed by atoms with Gasteiger partial charge in [0.1, 0.15) is 14.7 Å². The Labute approximate surface area is 378 Å². The van der Waals surface area contributed by atoms with E-state index in [1.807, 2.05) is 0 Å². The standard InChI is InChI=1S/C37H30ClFN12O11S4/c1-3-63(52,53)22-12-10-20(11-13-22)42-36-47-33(39)46-35(49-36)41-19(2)18-40-34-44-32(38)45-37(48-34)43-27-15-14-26(24-7-5-9-29(31(24)27)65(57,58)59)51-50-21-16-25-23(30(17-21)66(60,61)62)6-4-8-28(25)64(54,55)56/h3-17,19H,1,18H2,2H3,(H,54,55,56)(H,57,58,59)(H,60,61,62)(H2,40,43,44,45,48)(H2,41,42,46,47,49). The molecule has 0 aliphatic carbocycles. The minimum Gasteiger partial charge on any atom is -0.352 e. The molecular formula is C37H30ClFN12O11S4. The molecule has 0 spiro atoms. The summed E-state index contributed by atoms with van der Waals surface area (Å²) >= 11 is 6.23.